The molecule has 1 heterocycles. The zero-order chi connectivity index (χ0) is 39.4. The van der Waals surface area contributed by atoms with Crippen LogP contribution in [-0.4, -0.2) is 15.0 Å². The van der Waals surface area contributed by atoms with Crippen molar-refractivity contribution >= 4 is 21.5 Å². The predicted molar refractivity (Wildman–Crippen MR) is 245 cm³/mol. The highest BCUT2D eigenvalue weighted by Crippen LogP contribution is 2.70. The van der Waals surface area contributed by atoms with Gasteiger partial charge >= 0.3 is 0 Å². The summed E-state index contributed by atoms with van der Waals surface area (Å²) in [5.41, 5.74) is 13.7. The summed E-state index contributed by atoms with van der Waals surface area (Å²) in [6.07, 6.45) is 6.76. The molecule has 4 saturated carbocycles. The van der Waals surface area contributed by atoms with Gasteiger partial charge in [-0.25, -0.2) is 15.0 Å². The van der Waals surface area contributed by atoms with Crippen LogP contribution in [-0.2, 0) is 5.41 Å². The smallest absolute Gasteiger partial charge is 0.164 e. The van der Waals surface area contributed by atoms with Crippen molar-refractivity contribution in [1.82, 2.24) is 15.0 Å². The number of hydrogen-bond acceptors (Lipinski definition) is 3. The lowest BCUT2D eigenvalue weighted by Gasteiger charge is -2.61. The monoisotopic (exact) mass is 769 g/mol. The molecule has 3 heteroatoms. The molecule has 5 aliphatic rings. The van der Waals surface area contributed by atoms with E-state index in [2.05, 4.69) is 176 Å². The van der Waals surface area contributed by atoms with Gasteiger partial charge in [0.2, 0.25) is 0 Å². The maximum Gasteiger partial charge on any atom is 0.164 e. The highest BCUT2D eigenvalue weighted by molar-refractivity contribution is 6.14. The lowest BCUT2D eigenvalue weighted by molar-refractivity contribution is -0.0398. The second-order valence-electron chi connectivity index (χ2n) is 18.0. The maximum absolute atomic E-state index is 5.44. The molecule has 4 bridgehead atoms. The van der Waals surface area contributed by atoms with Gasteiger partial charge in [0.05, 0.1) is 0 Å². The van der Waals surface area contributed by atoms with Crippen LogP contribution in [0.3, 0.4) is 0 Å². The first kappa shape index (κ1) is 34.2. The Labute approximate surface area is 350 Å². The van der Waals surface area contributed by atoms with E-state index in [1.165, 1.54) is 92.6 Å². The molecule has 8 aromatic carbocycles. The number of benzene rings is 8. The van der Waals surface area contributed by atoms with Crippen molar-refractivity contribution in [2.75, 3.05) is 0 Å². The molecule has 286 valence electrons. The van der Waals surface area contributed by atoms with E-state index in [-0.39, 0.29) is 5.41 Å². The summed E-state index contributed by atoms with van der Waals surface area (Å²) < 4.78 is 0. The van der Waals surface area contributed by atoms with Crippen LogP contribution in [0.2, 0.25) is 0 Å². The van der Waals surface area contributed by atoms with E-state index in [1.807, 2.05) is 0 Å². The van der Waals surface area contributed by atoms with Gasteiger partial charge in [0.15, 0.2) is 17.5 Å². The van der Waals surface area contributed by atoms with Crippen molar-refractivity contribution in [1.29, 1.82) is 0 Å². The van der Waals surface area contributed by atoms with E-state index in [9.17, 15) is 0 Å². The average molecular weight is 770 g/mol. The zero-order valence-electron chi connectivity index (χ0n) is 33.4. The Morgan fingerprint density at radius 3 is 1.38 bits per heavy atom. The molecule has 0 atom stereocenters. The second kappa shape index (κ2) is 13.1. The van der Waals surface area contributed by atoms with Crippen LogP contribution in [0.4, 0.5) is 0 Å². The molecule has 0 N–H and O–H groups in total. The van der Waals surface area contributed by atoms with Crippen LogP contribution in [0.1, 0.15) is 43.2 Å². The van der Waals surface area contributed by atoms with Crippen LogP contribution in [0, 0.1) is 23.7 Å². The number of aromatic nitrogens is 3. The van der Waals surface area contributed by atoms with Crippen LogP contribution >= 0.6 is 0 Å². The van der Waals surface area contributed by atoms with Crippen molar-refractivity contribution in [2.45, 2.75) is 37.5 Å². The number of fused-ring (bicyclic) bond motifs is 7. The second-order valence-corrected chi connectivity index (χ2v) is 18.0. The Hall–Kier alpha value is -6.71. The van der Waals surface area contributed by atoms with Crippen LogP contribution in [0.15, 0.2) is 176 Å². The molecule has 14 rings (SSSR count). The van der Waals surface area contributed by atoms with Crippen molar-refractivity contribution in [3.05, 3.63) is 187 Å². The minimum absolute atomic E-state index is 0.0138. The molecule has 0 aliphatic heterocycles. The first-order chi connectivity index (χ1) is 29.7. The quantitative estimate of drug-likeness (QED) is 0.175. The van der Waals surface area contributed by atoms with E-state index in [0.717, 1.165) is 34.4 Å². The minimum atomic E-state index is -0.0138. The Bertz CT molecular complexity index is 3000. The molecular formula is C57H43N3. The van der Waals surface area contributed by atoms with E-state index in [1.54, 1.807) is 5.56 Å². The molecule has 0 radical (unpaired) electrons. The Morgan fingerprint density at radius 2 is 0.800 bits per heavy atom. The van der Waals surface area contributed by atoms with Crippen molar-refractivity contribution in [3.63, 3.8) is 0 Å². The fourth-order valence-electron chi connectivity index (χ4n) is 12.6. The third-order valence-electron chi connectivity index (χ3n) is 14.9. The van der Waals surface area contributed by atoms with Crippen LogP contribution < -0.4 is 0 Å². The summed E-state index contributed by atoms with van der Waals surface area (Å²) >= 11 is 0. The first-order valence-electron chi connectivity index (χ1n) is 21.9. The Balaban J connectivity index is 1.05. The fraction of sp³-hybridized carbons (Fsp3) is 0.175. The van der Waals surface area contributed by atoms with Crippen molar-refractivity contribution < 1.29 is 0 Å². The lowest BCUT2D eigenvalue weighted by Crippen LogP contribution is -2.55. The predicted octanol–water partition coefficient (Wildman–Crippen LogP) is 14.2. The van der Waals surface area contributed by atoms with E-state index in [4.69, 9.17) is 15.0 Å². The molecule has 0 unspecified atom stereocenters. The van der Waals surface area contributed by atoms with E-state index in [0.29, 0.717) is 23.5 Å². The van der Waals surface area contributed by atoms with Gasteiger partial charge in [-0.3, -0.25) is 0 Å². The number of rotatable bonds is 5. The molecule has 0 saturated heterocycles. The van der Waals surface area contributed by atoms with E-state index < -0.39 is 0 Å². The lowest BCUT2D eigenvalue weighted by atomic mass is 9.43. The normalized spacial score (nSPS) is 22.1. The minimum Gasteiger partial charge on any atom is -0.208 e. The van der Waals surface area contributed by atoms with Gasteiger partial charge in [-0.05, 0) is 128 Å². The van der Waals surface area contributed by atoms with Crippen molar-refractivity contribution in [2.24, 2.45) is 23.7 Å². The van der Waals surface area contributed by atoms with Crippen LogP contribution in [0.25, 0.3) is 89.1 Å². The molecular weight excluding hydrogens is 727 g/mol. The number of nitrogens with zero attached hydrogens (tertiary/aromatic N) is 3. The summed E-state index contributed by atoms with van der Waals surface area (Å²) in [6.45, 7) is 0. The van der Waals surface area contributed by atoms with Gasteiger partial charge in [0, 0.05) is 22.1 Å². The first-order valence-corrected chi connectivity index (χ1v) is 21.9. The van der Waals surface area contributed by atoms with Gasteiger partial charge in [-0.15, -0.1) is 0 Å². The summed E-state index contributed by atoms with van der Waals surface area (Å²) in [5.74, 6) is 5.10. The van der Waals surface area contributed by atoms with Gasteiger partial charge in [-0.2, -0.15) is 0 Å². The highest BCUT2D eigenvalue weighted by Gasteiger charge is 2.62. The van der Waals surface area contributed by atoms with E-state index >= 15 is 0 Å². The van der Waals surface area contributed by atoms with Gasteiger partial charge in [-0.1, -0.05) is 170 Å². The molecule has 4 fully saturated rings. The summed E-state index contributed by atoms with van der Waals surface area (Å²) in [6, 6.07) is 64.2. The Kier molecular flexibility index (Phi) is 7.49. The zero-order valence-corrected chi connectivity index (χ0v) is 33.4. The topological polar surface area (TPSA) is 38.7 Å². The van der Waals surface area contributed by atoms with Crippen molar-refractivity contribution in [3.8, 4) is 67.5 Å². The highest BCUT2D eigenvalue weighted by atomic mass is 15.0. The summed E-state index contributed by atoms with van der Waals surface area (Å²) in [5, 5.41) is 5.19. The SMILES string of the molecule is c1ccc(-c2ccc(-c3nc(-c4ccc(-c5ccccc5)cc4)nc(-c4cc5c(c6ccccc46)-c4c(ccc6ccccc46)C54C5CC6CC(C5)CC4C6)n3)cc2)cc1. The standard InChI is InChI=1S/C57H43N3/c1-3-11-37(12-4-1)39-19-23-42(24-20-39)54-58-55(43-25-21-40(22-26-43)38-13-5-2-6-14-38)60-56(59-54)49-34-51-53(48-18-10-9-17-47(48)49)52-46-16-8-7-15-41(46)27-28-50(52)57(51)44-30-35-29-36(32-44)33-45(57)31-35/h1-28,34-36,44-45H,29-33H2. The third-order valence-corrected chi connectivity index (χ3v) is 14.9. The summed E-state index contributed by atoms with van der Waals surface area (Å²) in [7, 11) is 0. The summed E-state index contributed by atoms with van der Waals surface area (Å²) in [4.78, 5) is 16.1. The van der Waals surface area contributed by atoms with Gasteiger partial charge in [0.1, 0.15) is 0 Å². The molecule has 1 spiro atoms. The van der Waals surface area contributed by atoms with Gasteiger partial charge in [0.25, 0.3) is 0 Å². The maximum atomic E-state index is 5.44. The molecule has 1 aromatic heterocycles. The number of hydrogen-bond donors (Lipinski definition) is 0. The molecule has 3 nitrogen and oxygen atoms in total. The third kappa shape index (κ3) is 5.05. The average Bonchev–Trinajstić information content (AvgIpc) is 3.62. The van der Waals surface area contributed by atoms with Gasteiger partial charge < -0.3 is 0 Å². The molecule has 60 heavy (non-hydrogen) atoms. The molecule has 0 amide bonds. The van der Waals surface area contributed by atoms with Crippen LogP contribution in [0.5, 0.6) is 0 Å². The molecule has 5 aliphatic carbocycles. The largest absolute Gasteiger partial charge is 0.208 e. The fourth-order valence-corrected chi connectivity index (χ4v) is 12.6. The molecule has 9 aromatic rings. The Morgan fingerprint density at radius 1 is 0.350 bits per heavy atom.